The topological polar surface area (TPSA) is 81.6 Å². The van der Waals surface area contributed by atoms with Crippen molar-refractivity contribution in [2.45, 2.75) is 48.4 Å². The van der Waals surface area contributed by atoms with Gasteiger partial charge in [0.05, 0.1) is 7.11 Å². The molecule has 0 aromatic carbocycles. The van der Waals surface area contributed by atoms with Crippen molar-refractivity contribution in [3.8, 4) is 0 Å². The summed E-state index contributed by atoms with van der Waals surface area (Å²) in [7, 11) is 1.32. The molecule has 122 valence electrons. The largest absolute Gasteiger partial charge is 0.467 e. The number of rotatable bonds is 3. The molecule has 1 amide bonds. The average molecular weight is 345 g/mol. The van der Waals surface area contributed by atoms with Gasteiger partial charge in [0, 0.05) is 11.8 Å². The Balaban J connectivity index is 2.08. The van der Waals surface area contributed by atoms with Gasteiger partial charge in [-0.25, -0.2) is 9.59 Å². The van der Waals surface area contributed by atoms with E-state index in [1.54, 1.807) is 26.3 Å². The van der Waals surface area contributed by atoms with Gasteiger partial charge >= 0.3 is 12.1 Å². The van der Waals surface area contributed by atoms with E-state index in [1.807, 2.05) is 0 Å². The van der Waals surface area contributed by atoms with Gasteiger partial charge in [0.25, 0.3) is 0 Å². The molecule has 1 aromatic rings. The van der Waals surface area contributed by atoms with Crippen molar-refractivity contribution in [2.75, 3.05) is 13.7 Å². The first-order valence-electron chi connectivity index (χ1n) is 6.80. The van der Waals surface area contributed by atoms with Gasteiger partial charge in [-0.05, 0) is 27.2 Å². The van der Waals surface area contributed by atoms with Gasteiger partial charge in [-0.15, -0.1) is 10.2 Å². The Morgan fingerprint density at radius 2 is 2.18 bits per heavy atom. The van der Waals surface area contributed by atoms with Gasteiger partial charge in [-0.2, -0.15) is 0 Å². The third-order valence-electron chi connectivity index (χ3n) is 2.97. The van der Waals surface area contributed by atoms with Crippen LogP contribution in [0, 0.1) is 0 Å². The first-order valence-corrected chi connectivity index (χ1v) is 8.56. The number of thioether (sulfide) groups is 1. The Morgan fingerprint density at radius 3 is 2.73 bits per heavy atom. The Hall–Kier alpha value is -1.35. The summed E-state index contributed by atoms with van der Waals surface area (Å²) in [6.07, 6.45) is 0.0131. The first-order chi connectivity index (χ1) is 10.3. The molecule has 0 bridgehead atoms. The van der Waals surface area contributed by atoms with E-state index in [0.29, 0.717) is 13.0 Å². The lowest BCUT2D eigenvalue weighted by Crippen LogP contribution is -2.43. The molecule has 22 heavy (non-hydrogen) atoms. The van der Waals surface area contributed by atoms with E-state index in [2.05, 4.69) is 10.2 Å². The smallest absolute Gasteiger partial charge is 0.411 e. The fraction of sp³-hybridized carbons (Fsp3) is 0.692. The maximum atomic E-state index is 12.3. The van der Waals surface area contributed by atoms with Crippen LogP contribution in [0.1, 0.15) is 27.2 Å². The van der Waals surface area contributed by atoms with Gasteiger partial charge in [0.1, 0.15) is 17.2 Å². The van der Waals surface area contributed by atoms with Crippen LogP contribution in [0.3, 0.4) is 0 Å². The van der Waals surface area contributed by atoms with Gasteiger partial charge in [-0.3, -0.25) is 4.90 Å². The number of methoxy groups -OCH3 is 1. The summed E-state index contributed by atoms with van der Waals surface area (Å²) in [6, 6.07) is -0.620. The summed E-state index contributed by atoms with van der Waals surface area (Å²) in [5.74, 6) is -0.425. The molecule has 1 saturated heterocycles. The molecule has 2 atom stereocenters. The monoisotopic (exact) mass is 345 g/mol. The SMILES string of the molecule is COC(=O)C1CC(Sc2nncs2)CN1C(=O)OC(C)(C)C. The molecule has 9 heteroatoms. The number of amides is 1. The number of carbonyl (C=O) groups is 2. The molecule has 1 aliphatic heterocycles. The molecule has 0 spiro atoms. The van der Waals surface area contributed by atoms with Crippen molar-refractivity contribution < 1.29 is 19.1 Å². The molecule has 1 aromatic heterocycles. The molecule has 2 unspecified atom stereocenters. The second-order valence-corrected chi connectivity index (χ2v) is 8.23. The van der Waals surface area contributed by atoms with E-state index in [9.17, 15) is 9.59 Å². The van der Waals surface area contributed by atoms with Crippen molar-refractivity contribution in [1.82, 2.24) is 15.1 Å². The van der Waals surface area contributed by atoms with Gasteiger partial charge in [0.15, 0.2) is 4.34 Å². The first kappa shape index (κ1) is 17.0. The molecule has 0 aliphatic carbocycles. The quantitative estimate of drug-likeness (QED) is 0.777. The summed E-state index contributed by atoms with van der Waals surface area (Å²) >= 11 is 2.95. The zero-order chi connectivity index (χ0) is 16.3. The lowest BCUT2D eigenvalue weighted by Gasteiger charge is -2.27. The van der Waals surface area contributed by atoms with Crippen LogP contribution in [0.5, 0.6) is 0 Å². The van der Waals surface area contributed by atoms with Crippen LogP contribution in [-0.2, 0) is 14.3 Å². The molecule has 1 fully saturated rings. The van der Waals surface area contributed by atoms with Crippen molar-refractivity contribution >= 4 is 35.2 Å². The fourth-order valence-corrected chi connectivity index (χ4v) is 4.05. The Morgan fingerprint density at radius 1 is 1.45 bits per heavy atom. The Labute approximate surface area is 137 Å². The number of ether oxygens (including phenoxy) is 2. The maximum Gasteiger partial charge on any atom is 0.411 e. The van der Waals surface area contributed by atoms with E-state index in [4.69, 9.17) is 9.47 Å². The van der Waals surface area contributed by atoms with Crippen molar-refractivity contribution in [3.63, 3.8) is 0 Å². The normalized spacial score (nSPS) is 21.7. The Bertz CT molecular complexity index is 530. The molecule has 2 heterocycles. The van der Waals surface area contributed by atoms with Crippen LogP contribution in [-0.4, -0.2) is 57.7 Å². The van der Waals surface area contributed by atoms with Gasteiger partial charge in [0.2, 0.25) is 0 Å². The number of esters is 1. The van der Waals surface area contributed by atoms with Gasteiger partial charge < -0.3 is 9.47 Å². The van der Waals surface area contributed by atoms with Crippen LogP contribution in [0.4, 0.5) is 4.79 Å². The summed E-state index contributed by atoms with van der Waals surface area (Å²) in [5.41, 5.74) is 1.04. The predicted molar refractivity (Wildman–Crippen MR) is 82.9 cm³/mol. The predicted octanol–water partition coefficient (Wildman–Crippen LogP) is 2.18. The van der Waals surface area contributed by atoms with Crippen molar-refractivity contribution in [3.05, 3.63) is 5.51 Å². The molecule has 0 radical (unpaired) electrons. The molecule has 0 saturated carbocycles. The third-order valence-corrected chi connectivity index (χ3v) is 4.99. The average Bonchev–Trinajstić information content (AvgIpc) is 3.05. The molecule has 0 N–H and O–H groups in total. The number of hydrogen-bond acceptors (Lipinski definition) is 8. The standard InChI is InChI=1S/C13H19N3O4S2/c1-13(2,3)20-12(18)16-6-8(5-9(16)10(17)19-4)22-11-15-14-7-21-11/h7-9H,5-6H2,1-4H3. The van der Waals surface area contributed by atoms with Crippen LogP contribution in [0.25, 0.3) is 0 Å². The lowest BCUT2D eigenvalue weighted by molar-refractivity contribution is -0.145. The fourth-order valence-electron chi connectivity index (χ4n) is 2.12. The van der Waals surface area contributed by atoms with E-state index in [1.165, 1.54) is 35.1 Å². The van der Waals surface area contributed by atoms with Crippen LogP contribution in [0.15, 0.2) is 9.85 Å². The summed E-state index contributed by atoms with van der Waals surface area (Å²) in [4.78, 5) is 25.7. The lowest BCUT2D eigenvalue weighted by atomic mass is 10.2. The molecular weight excluding hydrogens is 326 g/mol. The van der Waals surface area contributed by atoms with Crippen LogP contribution < -0.4 is 0 Å². The minimum absolute atomic E-state index is 0.0598. The number of hydrogen-bond donors (Lipinski definition) is 0. The van der Waals surface area contributed by atoms with Crippen LogP contribution in [0.2, 0.25) is 0 Å². The molecular formula is C13H19N3O4S2. The number of carbonyl (C=O) groups excluding carboxylic acids is 2. The van der Waals surface area contributed by atoms with E-state index >= 15 is 0 Å². The summed E-state index contributed by atoms with van der Waals surface area (Å²) < 4.78 is 11.0. The zero-order valence-electron chi connectivity index (χ0n) is 12.9. The van der Waals surface area contributed by atoms with E-state index in [-0.39, 0.29) is 5.25 Å². The number of nitrogens with zero attached hydrogens (tertiary/aromatic N) is 3. The van der Waals surface area contributed by atoms with Crippen molar-refractivity contribution in [1.29, 1.82) is 0 Å². The second kappa shape index (κ2) is 6.82. The minimum Gasteiger partial charge on any atom is -0.467 e. The molecule has 2 rings (SSSR count). The number of aromatic nitrogens is 2. The highest BCUT2D eigenvalue weighted by Gasteiger charge is 2.42. The maximum absolute atomic E-state index is 12.3. The third kappa shape index (κ3) is 4.33. The highest BCUT2D eigenvalue weighted by Crippen LogP contribution is 2.34. The molecule has 1 aliphatic rings. The van der Waals surface area contributed by atoms with E-state index in [0.717, 1.165) is 4.34 Å². The molecule has 7 nitrogen and oxygen atoms in total. The second-order valence-electron chi connectivity index (χ2n) is 5.85. The van der Waals surface area contributed by atoms with Crippen molar-refractivity contribution in [2.24, 2.45) is 0 Å². The summed E-state index contributed by atoms with van der Waals surface area (Å²) in [5, 5.41) is 7.83. The van der Waals surface area contributed by atoms with Gasteiger partial charge in [-0.1, -0.05) is 23.1 Å². The minimum atomic E-state index is -0.620. The highest BCUT2D eigenvalue weighted by molar-refractivity contribution is 8.01. The summed E-state index contributed by atoms with van der Waals surface area (Å²) in [6.45, 7) is 5.80. The highest BCUT2D eigenvalue weighted by atomic mass is 32.2. The van der Waals surface area contributed by atoms with Crippen LogP contribution >= 0.6 is 23.1 Å². The number of likely N-dealkylation sites (tertiary alicyclic amines) is 1. The Kier molecular flexibility index (Phi) is 5.28. The van der Waals surface area contributed by atoms with E-state index < -0.39 is 23.7 Å². The zero-order valence-corrected chi connectivity index (χ0v) is 14.6.